The summed E-state index contributed by atoms with van der Waals surface area (Å²) in [5, 5.41) is 9.71. The number of aliphatic hydroxyl groups excluding tert-OH is 1. The Bertz CT molecular complexity index is 852. The number of imide groups is 1. The van der Waals surface area contributed by atoms with E-state index in [0.29, 0.717) is 17.8 Å². The van der Waals surface area contributed by atoms with Crippen LogP contribution >= 0.6 is 0 Å². The van der Waals surface area contributed by atoms with Crippen molar-refractivity contribution in [3.8, 4) is 0 Å². The van der Waals surface area contributed by atoms with E-state index in [1.165, 1.54) is 12.8 Å². The number of nitrogens with zero attached hydrogens (tertiary/aromatic N) is 2. The number of piperidine rings is 1. The quantitative estimate of drug-likeness (QED) is 0.606. The molecular formula is C25H34N2O3. The van der Waals surface area contributed by atoms with Crippen LogP contribution < -0.4 is 0 Å². The van der Waals surface area contributed by atoms with Crippen LogP contribution in [-0.2, 0) is 9.59 Å². The highest BCUT2D eigenvalue weighted by Gasteiger charge is 2.45. The van der Waals surface area contributed by atoms with Gasteiger partial charge in [-0.3, -0.25) is 14.5 Å². The van der Waals surface area contributed by atoms with Gasteiger partial charge in [0, 0.05) is 25.7 Å². The Morgan fingerprint density at radius 2 is 1.70 bits per heavy atom. The van der Waals surface area contributed by atoms with Crippen molar-refractivity contribution in [2.75, 3.05) is 19.7 Å². The molecule has 1 aromatic carbocycles. The lowest BCUT2D eigenvalue weighted by Crippen LogP contribution is -2.44. The summed E-state index contributed by atoms with van der Waals surface area (Å²) in [6.45, 7) is 5.58. The van der Waals surface area contributed by atoms with E-state index in [0.717, 1.165) is 61.8 Å². The SMILES string of the molecule is Cc1ccc(C2=C(N3CCCC(CO)C3)C(=O)N(C3CCCCCC3)C2=O)c(C)c1. The largest absolute Gasteiger partial charge is 0.396 e. The average Bonchev–Trinajstić information content (AvgIpc) is 2.90. The Morgan fingerprint density at radius 1 is 0.967 bits per heavy atom. The minimum Gasteiger partial charge on any atom is -0.396 e. The average molecular weight is 411 g/mol. The molecule has 0 bridgehead atoms. The van der Waals surface area contributed by atoms with E-state index in [1.54, 1.807) is 4.90 Å². The number of aryl methyl sites for hydroxylation is 2. The van der Waals surface area contributed by atoms with Crippen molar-refractivity contribution >= 4 is 17.4 Å². The molecule has 30 heavy (non-hydrogen) atoms. The maximum Gasteiger partial charge on any atom is 0.278 e. The van der Waals surface area contributed by atoms with E-state index in [2.05, 4.69) is 11.0 Å². The highest BCUT2D eigenvalue weighted by atomic mass is 16.3. The van der Waals surface area contributed by atoms with Crippen LogP contribution in [0.5, 0.6) is 0 Å². The molecule has 0 spiro atoms. The summed E-state index contributed by atoms with van der Waals surface area (Å²) >= 11 is 0. The lowest BCUT2D eigenvalue weighted by molar-refractivity contribution is -0.140. The lowest BCUT2D eigenvalue weighted by atomic mass is 9.95. The normalized spacial score (nSPS) is 24.0. The van der Waals surface area contributed by atoms with Crippen LogP contribution in [0, 0.1) is 19.8 Å². The Morgan fingerprint density at radius 3 is 2.37 bits per heavy atom. The number of carbonyl (C=O) groups is 2. The fourth-order valence-electron chi connectivity index (χ4n) is 5.43. The molecular weight excluding hydrogens is 376 g/mol. The molecule has 2 amide bonds. The number of benzene rings is 1. The summed E-state index contributed by atoms with van der Waals surface area (Å²) in [6, 6.07) is 6.10. The smallest absolute Gasteiger partial charge is 0.278 e. The number of aliphatic hydroxyl groups is 1. The second-order valence-electron chi connectivity index (χ2n) is 9.30. The molecule has 1 unspecified atom stereocenters. The predicted octanol–water partition coefficient (Wildman–Crippen LogP) is 3.81. The fourth-order valence-corrected chi connectivity index (χ4v) is 5.43. The monoisotopic (exact) mass is 410 g/mol. The van der Waals surface area contributed by atoms with Gasteiger partial charge in [0.05, 0.1) is 5.57 Å². The number of hydrogen-bond donors (Lipinski definition) is 1. The van der Waals surface area contributed by atoms with Gasteiger partial charge in [-0.05, 0) is 56.6 Å². The first-order valence-corrected chi connectivity index (χ1v) is 11.6. The standard InChI is InChI=1S/C25H34N2O3/c1-17-11-12-21(18(2)14-17)22-23(26-13-7-8-19(15-26)16-28)25(30)27(24(22)29)20-9-5-3-4-6-10-20/h11-12,14,19-20,28H,3-10,13,15-16H2,1-2H3. The minimum atomic E-state index is -0.125. The van der Waals surface area contributed by atoms with E-state index in [4.69, 9.17) is 0 Å². The first kappa shape index (κ1) is 21.1. The summed E-state index contributed by atoms with van der Waals surface area (Å²) in [7, 11) is 0. The summed E-state index contributed by atoms with van der Waals surface area (Å²) in [4.78, 5) is 31.1. The van der Waals surface area contributed by atoms with Gasteiger partial charge in [0.15, 0.2) is 0 Å². The summed E-state index contributed by atoms with van der Waals surface area (Å²) < 4.78 is 0. The Labute approximate surface area is 179 Å². The van der Waals surface area contributed by atoms with Gasteiger partial charge in [-0.15, -0.1) is 0 Å². The van der Waals surface area contributed by atoms with Crippen molar-refractivity contribution in [2.45, 2.75) is 71.3 Å². The molecule has 2 aliphatic heterocycles. The molecule has 1 atom stereocenters. The molecule has 4 rings (SSSR count). The van der Waals surface area contributed by atoms with Crippen LogP contribution in [0.1, 0.15) is 68.1 Å². The zero-order valence-electron chi connectivity index (χ0n) is 18.3. The molecule has 5 heteroatoms. The van der Waals surface area contributed by atoms with Crippen LogP contribution in [0.4, 0.5) is 0 Å². The van der Waals surface area contributed by atoms with E-state index in [1.807, 2.05) is 26.0 Å². The minimum absolute atomic E-state index is 0.00387. The highest BCUT2D eigenvalue weighted by molar-refractivity contribution is 6.36. The molecule has 0 radical (unpaired) electrons. The Balaban J connectivity index is 1.77. The second-order valence-corrected chi connectivity index (χ2v) is 9.30. The Hall–Kier alpha value is -2.14. The maximum atomic E-state index is 13.7. The predicted molar refractivity (Wildman–Crippen MR) is 118 cm³/mol. The van der Waals surface area contributed by atoms with E-state index >= 15 is 0 Å². The van der Waals surface area contributed by atoms with E-state index < -0.39 is 0 Å². The first-order chi connectivity index (χ1) is 14.5. The number of amides is 2. The zero-order valence-corrected chi connectivity index (χ0v) is 18.3. The molecule has 0 aromatic heterocycles. The van der Waals surface area contributed by atoms with Crippen molar-refractivity contribution < 1.29 is 14.7 Å². The summed E-state index contributed by atoms with van der Waals surface area (Å²) in [5.74, 6) is -0.0955. The van der Waals surface area contributed by atoms with Crippen LogP contribution in [0.15, 0.2) is 23.9 Å². The van der Waals surface area contributed by atoms with Gasteiger partial charge in [-0.1, -0.05) is 49.4 Å². The van der Waals surface area contributed by atoms with Crippen LogP contribution in [0.3, 0.4) is 0 Å². The van der Waals surface area contributed by atoms with Gasteiger partial charge in [-0.2, -0.15) is 0 Å². The van der Waals surface area contributed by atoms with Gasteiger partial charge in [0.2, 0.25) is 0 Å². The van der Waals surface area contributed by atoms with Crippen molar-refractivity contribution in [3.63, 3.8) is 0 Å². The molecule has 1 saturated carbocycles. The van der Waals surface area contributed by atoms with Gasteiger partial charge < -0.3 is 10.0 Å². The number of likely N-dealkylation sites (tertiary alicyclic amines) is 1. The van der Waals surface area contributed by atoms with Crippen molar-refractivity contribution in [3.05, 3.63) is 40.6 Å². The topological polar surface area (TPSA) is 60.9 Å². The Kier molecular flexibility index (Phi) is 6.28. The van der Waals surface area contributed by atoms with Gasteiger partial charge in [-0.25, -0.2) is 0 Å². The molecule has 3 aliphatic rings. The first-order valence-electron chi connectivity index (χ1n) is 11.6. The number of hydrogen-bond acceptors (Lipinski definition) is 4. The fraction of sp³-hybridized carbons (Fsp3) is 0.600. The second kappa shape index (κ2) is 8.93. The molecule has 1 aliphatic carbocycles. The molecule has 2 fully saturated rings. The molecule has 1 aromatic rings. The van der Waals surface area contributed by atoms with Crippen molar-refractivity contribution in [1.82, 2.24) is 9.80 Å². The molecule has 2 heterocycles. The van der Waals surface area contributed by atoms with E-state index in [9.17, 15) is 14.7 Å². The third-order valence-electron chi connectivity index (χ3n) is 7.03. The molecule has 1 saturated heterocycles. The van der Waals surface area contributed by atoms with Crippen LogP contribution in [0.25, 0.3) is 5.57 Å². The molecule has 162 valence electrons. The number of carbonyl (C=O) groups excluding carboxylic acids is 2. The van der Waals surface area contributed by atoms with Crippen LogP contribution in [0.2, 0.25) is 0 Å². The van der Waals surface area contributed by atoms with Crippen molar-refractivity contribution in [2.24, 2.45) is 5.92 Å². The lowest BCUT2D eigenvalue weighted by Gasteiger charge is -2.34. The summed E-state index contributed by atoms with van der Waals surface area (Å²) in [5.41, 5.74) is 4.18. The summed E-state index contributed by atoms with van der Waals surface area (Å²) in [6.07, 6.45) is 8.22. The third-order valence-corrected chi connectivity index (χ3v) is 7.03. The van der Waals surface area contributed by atoms with Gasteiger partial charge in [0.25, 0.3) is 11.8 Å². The highest BCUT2D eigenvalue weighted by Crippen LogP contribution is 2.38. The molecule has 5 nitrogen and oxygen atoms in total. The van der Waals surface area contributed by atoms with Crippen LogP contribution in [-0.4, -0.2) is 52.5 Å². The number of rotatable bonds is 4. The molecule has 1 N–H and O–H groups in total. The third kappa shape index (κ3) is 3.92. The van der Waals surface area contributed by atoms with Gasteiger partial charge in [0.1, 0.15) is 5.70 Å². The maximum absolute atomic E-state index is 13.7. The van der Waals surface area contributed by atoms with E-state index in [-0.39, 0.29) is 30.4 Å². The van der Waals surface area contributed by atoms with Gasteiger partial charge >= 0.3 is 0 Å². The zero-order chi connectivity index (χ0) is 21.3. The van der Waals surface area contributed by atoms with Crippen molar-refractivity contribution in [1.29, 1.82) is 0 Å².